The van der Waals surface area contributed by atoms with Gasteiger partial charge in [-0.2, -0.15) is 5.26 Å². The SMILES string of the molecule is N#Cc1ccc(CN2CCC(CC(=O)c3ccc(C(=O)N4CCC(Oc5ccc(F)cc5F)CC4)nc3)CC2)cc1. The Morgan fingerprint density at radius 3 is 2.32 bits per heavy atom. The molecule has 0 atom stereocenters. The van der Waals surface area contributed by atoms with Crippen LogP contribution in [0.2, 0.25) is 0 Å². The number of aromatic nitrogens is 1. The fraction of sp³-hybridized carbons (Fsp3) is 0.375. The summed E-state index contributed by atoms with van der Waals surface area (Å²) in [4.78, 5) is 34.2. The van der Waals surface area contributed by atoms with Crippen LogP contribution in [0.4, 0.5) is 8.78 Å². The monoisotopic (exact) mass is 558 g/mol. The Bertz CT molecular complexity index is 1410. The van der Waals surface area contributed by atoms with E-state index in [-0.39, 0.29) is 29.2 Å². The van der Waals surface area contributed by atoms with Gasteiger partial charge in [-0.15, -0.1) is 0 Å². The molecule has 0 aliphatic carbocycles. The number of benzene rings is 2. The number of rotatable bonds is 8. The van der Waals surface area contributed by atoms with Crippen molar-refractivity contribution in [3.63, 3.8) is 0 Å². The maximum Gasteiger partial charge on any atom is 0.272 e. The molecular weight excluding hydrogens is 526 g/mol. The first-order valence-electron chi connectivity index (χ1n) is 14.0. The topological polar surface area (TPSA) is 86.5 Å². The molecule has 1 aromatic heterocycles. The lowest BCUT2D eigenvalue weighted by Crippen LogP contribution is -2.42. The van der Waals surface area contributed by atoms with Crippen molar-refractivity contribution in [1.29, 1.82) is 5.26 Å². The highest BCUT2D eigenvalue weighted by atomic mass is 19.1. The Hall–Kier alpha value is -4.16. The standard InChI is InChI=1S/C32H32F2N4O3/c33-26-6-8-31(28(34)18-26)41-27-11-15-38(16-12-27)32(40)29-7-5-25(20-36-29)30(39)17-22-9-13-37(14-10-22)21-24-3-1-23(19-35)2-4-24/h1-8,18,20,22,27H,9-17,21H2. The van der Waals surface area contributed by atoms with Gasteiger partial charge in [0.2, 0.25) is 0 Å². The zero-order valence-corrected chi connectivity index (χ0v) is 22.8. The summed E-state index contributed by atoms with van der Waals surface area (Å²) < 4.78 is 32.7. The number of ether oxygens (including phenoxy) is 1. The van der Waals surface area contributed by atoms with Gasteiger partial charge in [0.05, 0.1) is 11.6 Å². The summed E-state index contributed by atoms with van der Waals surface area (Å²) in [6, 6.07) is 16.3. The summed E-state index contributed by atoms with van der Waals surface area (Å²) in [7, 11) is 0. The van der Waals surface area contributed by atoms with Crippen molar-refractivity contribution in [2.24, 2.45) is 5.92 Å². The molecule has 2 aliphatic heterocycles. The van der Waals surface area contributed by atoms with Crippen molar-refractivity contribution >= 4 is 11.7 Å². The number of piperidine rings is 2. The van der Waals surface area contributed by atoms with Crippen LogP contribution in [0, 0.1) is 28.9 Å². The molecule has 2 fully saturated rings. The number of hydrogen-bond donors (Lipinski definition) is 0. The molecule has 9 heteroatoms. The van der Waals surface area contributed by atoms with E-state index in [0.29, 0.717) is 49.4 Å². The first-order valence-corrected chi connectivity index (χ1v) is 14.0. The number of hydrogen-bond acceptors (Lipinski definition) is 6. The molecule has 41 heavy (non-hydrogen) atoms. The van der Waals surface area contributed by atoms with E-state index in [0.717, 1.165) is 44.6 Å². The van der Waals surface area contributed by atoms with Crippen molar-refractivity contribution in [2.45, 2.75) is 44.8 Å². The zero-order valence-electron chi connectivity index (χ0n) is 22.8. The van der Waals surface area contributed by atoms with Crippen LogP contribution < -0.4 is 4.74 Å². The number of pyridine rings is 1. The van der Waals surface area contributed by atoms with Crippen LogP contribution in [0.3, 0.4) is 0 Å². The predicted octanol–water partition coefficient (Wildman–Crippen LogP) is 5.40. The summed E-state index contributed by atoms with van der Waals surface area (Å²) in [6.07, 6.45) is 4.61. The highest BCUT2D eigenvalue weighted by Gasteiger charge is 2.27. The Morgan fingerprint density at radius 2 is 1.68 bits per heavy atom. The van der Waals surface area contributed by atoms with Crippen LogP contribution in [0.5, 0.6) is 5.75 Å². The van der Waals surface area contributed by atoms with E-state index < -0.39 is 11.6 Å². The number of Topliss-reactive ketones (excluding diaryl/α,β-unsaturated/α-hetero) is 1. The number of halogens is 2. The highest BCUT2D eigenvalue weighted by Crippen LogP contribution is 2.25. The largest absolute Gasteiger partial charge is 0.487 e. The molecule has 3 heterocycles. The Balaban J connectivity index is 1.06. The van der Waals surface area contributed by atoms with Crippen LogP contribution in [0.15, 0.2) is 60.8 Å². The third-order valence-electron chi connectivity index (χ3n) is 7.89. The lowest BCUT2D eigenvalue weighted by Gasteiger charge is -2.32. The van der Waals surface area contributed by atoms with Gasteiger partial charge < -0.3 is 9.64 Å². The van der Waals surface area contributed by atoms with E-state index >= 15 is 0 Å². The minimum absolute atomic E-state index is 0.00625. The lowest BCUT2D eigenvalue weighted by atomic mass is 9.90. The molecule has 3 aromatic rings. The smallest absolute Gasteiger partial charge is 0.272 e. The second-order valence-corrected chi connectivity index (χ2v) is 10.8. The second-order valence-electron chi connectivity index (χ2n) is 10.8. The molecule has 1 amide bonds. The molecule has 2 aromatic carbocycles. The van der Waals surface area contributed by atoms with Crippen LogP contribution in [0.25, 0.3) is 0 Å². The van der Waals surface area contributed by atoms with Crippen LogP contribution in [-0.2, 0) is 6.54 Å². The van der Waals surface area contributed by atoms with E-state index in [9.17, 15) is 18.4 Å². The second kappa shape index (κ2) is 13.0. The van der Waals surface area contributed by atoms with Gasteiger partial charge in [0, 0.05) is 56.7 Å². The fourth-order valence-corrected chi connectivity index (χ4v) is 5.45. The third kappa shape index (κ3) is 7.33. The molecule has 0 radical (unpaired) electrons. The summed E-state index contributed by atoms with van der Waals surface area (Å²) in [5.41, 5.74) is 2.63. The normalized spacial score (nSPS) is 16.8. The van der Waals surface area contributed by atoms with E-state index in [1.54, 1.807) is 17.0 Å². The molecule has 0 saturated carbocycles. The number of amides is 1. The van der Waals surface area contributed by atoms with Gasteiger partial charge in [-0.3, -0.25) is 19.5 Å². The molecule has 0 N–H and O–H groups in total. The van der Waals surface area contributed by atoms with Crippen molar-refractivity contribution in [1.82, 2.24) is 14.8 Å². The van der Waals surface area contributed by atoms with Crippen LogP contribution in [0.1, 0.15) is 64.1 Å². The van der Waals surface area contributed by atoms with Crippen molar-refractivity contribution in [3.8, 4) is 11.8 Å². The van der Waals surface area contributed by atoms with Gasteiger partial charge in [0.25, 0.3) is 5.91 Å². The Kier molecular flexibility index (Phi) is 9.00. The van der Waals surface area contributed by atoms with E-state index in [1.807, 2.05) is 24.3 Å². The van der Waals surface area contributed by atoms with Crippen LogP contribution in [-0.4, -0.2) is 58.8 Å². The van der Waals surface area contributed by atoms with E-state index in [4.69, 9.17) is 10.00 Å². The number of nitrogens with zero attached hydrogens (tertiary/aromatic N) is 4. The average Bonchev–Trinajstić information content (AvgIpc) is 3.00. The predicted molar refractivity (Wildman–Crippen MR) is 148 cm³/mol. The van der Waals surface area contributed by atoms with Gasteiger partial charge in [0.1, 0.15) is 17.6 Å². The van der Waals surface area contributed by atoms with Crippen molar-refractivity contribution in [2.75, 3.05) is 26.2 Å². The fourth-order valence-electron chi connectivity index (χ4n) is 5.45. The number of carbonyl (C=O) groups is 2. The minimum Gasteiger partial charge on any atom is -0.487 e. The Morgan fingerprint density at radius 1 is 0.951 bits per heavy atom. The molecule has 212 valence electrons. The first kappa shape index (κ1) is 28.4. The molecule has 0 bridgehead atoms. The summed E-state index contributed by atoms with van der Waals surface area (Å²) in [5, 5.41) is 8.95. The number of nitriles is 1. The maximum absolute atomic E-state index is 13.9. The maximum atomic E-state index is 13.9. The molecule has 2 saturated heterocycles. The molecule has 0 spiro atoms. The molecule has 5 rings (SSSR count). The molecule has 2 aliphatic rings. The van der Waals surface area contributed by atoms with Gasteiger partial charge >= 0.3 is 0 Å². The van der Waals surface area contributed by atoms with Gasteiger partial charge in [0.15, 0.2) is 17.3 Å². The number of ketones is 1. The van der Waals surface area contributed by atoms with E-state index in [1.165, 1.54) is 17.8 Å². The summed E-state index contributed by atoms with van der Waals surface area (Å²) >= 11 is 0. The molecular formula is C32H32F2N4O3. The molecule has 7 nitrogen and oxygen atoms in total. The summed E-state index contributed by atoms with van der Waals surface area (Å²) in [5.74, 6) is -1.27. The van der Waals surface area contributed by atoms with Gasteiger partial charge in [-0.05, 0) is 73.8 Å². The van der Waals surface area contributed by atoms with Gasteiger partial charge in [-0.1, -0.05) is 12.1 Å². The minimum atomic E-state index is -0.743. The average molecular weight is 559 g/mol. The quantitative estimate of drug-likeness (QED) is 0.344. The van der Waals surface area contributed by atoms with E-state index in [2.05, 4.69) is 16.0 Å². The lowest BCUT2D eigenvalue weighted by molar-refractivity contribution is 0.0582. The van der Waals surface area contributed by atoms with Gasteiger partial charge in [-0.25, -0.2) is 8.78 Å². The zero-order chi connectivity index (χ0) is 28.8. The number of likely N-dealkylation sites (tertiary alicyclic amines) is 2. The highest BCUT2D eigenvalue weighted by molar-refractivity contribution is 5.97. The Labute approximate surface area is 238 Å². The summed E-state index contributed by atoms with van der Waals surface area (Å²) in [6.45, 7) is 3.54. The van der Waals surface area contributed by atoms with Crippen LogP contribution >= 0.6 is 0 Å². The molecule has 0 unspecified atom stereocenters. The third-order valence-corrected chi connectivity index (χ3v) is 7.89. The number of carbonyl (C=O) groups excluding carboxylic acids is 2. The first-order chi connectivity index (χ1) is 19.9. The van der Waals surface area contributed by atoms with Crippen molar-refractivity contribution in [3.05, 3.63) is 94.8 Å². The van der Waals surface area contributed by atoms with Crippen molar-refractivity contribution < 1.29 is 23.1 Å².